The fraction of sp³-hybridized carbons (Fsp3) is 0.900. The Labute approximate surface area is 90.6 Å². The number of carbonyl (C=O) groups excluding carboxylic acids is 1. The number of nitrogens with zero attached hydrogens (tertiary/aromatic N) is 1. The highest BCUT2D eigenvalue weighted by Gasteiger charge is 2.22. The molecule has 1 unspecified atom stereocenters. The summed E-state index contributed by atoms with van der Waals surface area (Å²) in [6.07, 6.45) is 0.642. The van der Waals surface area contributed by atoms with Crippen LogP contribution in [0.2, 0.25) is 0 Å². The minimum absolute atomic E-state index is 0.304. The third-order valence-electron chi connectivity index (χ3n) is 2.45. The zero-order valence-corrected chi connectivity index (χ0v) is 9.90. The molecule has 3 nitrogen and oxygen atoms in total. The minimum Gasteiger partial charge on any atom is -0.338 e. The van der Waals surface area contributed by atoms with Crippen molar-refractivity contribution in [3.05, 3.63) is 0 Å². The van der Waals surface area contributed by atoms with Gasteiger partial charge in [-0.2, -0.15) is 11.8 Å². The summed E-state index contributed by atoms with van der Waals surface area (Å²) in [6.45, 7) is 6.88. The third kappa shape index (κ3) is 3.50. The summed E-state index contributed by atoms with van der Waals surface area (Å²) in [5.41, 5.74) is 0. The molecule has 0 aromatic carbocycles. The van der Waals surface area contributed by atoms with Crippen LogP contribution in [0.15, 0.2) is 0 Å². The average molecular weight is 216 g/mol. The van der Waals surface area contributed by atoms with E-state index in [2.05, 4.69) is 19.2 Å². The number of hydrogen-bond donors (Lipinski definition) is 1. The van der Waals surface area contributed by atoms with Crippen molar-refractivity contribution in [1.82, 2.24) is 10.2 Å². The van der Waals surface area contributed by atoms with Crippen molar-refractivity contribution in [2.24, 2.45) is 0 Å². The SMILES string of the molecule is CCNCCC(=O)N1CCSCC1C. The monoisotopic (exact) mass is 216 g/mol. The molecule has 1 amide bonds. The van der Waals surface area contributed by atoms with Crippen LogP contribution < -0.4 is 5.32 Å². The first-order chi connectivity index (χ1) is 6.75. The molecule has 1 aliphatic rings. The lowest BCUT2D eigenvalue weighted by atomic mass is 10.2. The Bertz CT molecular complexity index is 187. The maximum absolute atomic E-state index is 11.8. The van der Waals surface area contributed by atoms with Crippen molar-refractivity contribution in [2.45, 2.75) is 26.3 Å². The van der Waals surface area contributed by atoms with Crippen molar-refractivity contribution in [3.63, 3.8) is 0 Å². The lowest BCUT2D eigenvalue weighted by Gasteiger charge is -2.33. The molecule has 1 atom stereocenters. The quantitative estimate of drug-likeness (QED) is 0.710. The van der Waals surface area contributed by atoms with E-state index in [1.807, 2.05) is 16.7 Å². The predicted octanol–water partition coefficient (Wildman–Crippen LogP) is 0.950. The van der Waals surface area contributed by atoms with Gasteiger partial charge in [-0.25, -0.2) is 0 Å². The van der Waals surface area contributed by atoms with Crippen LogP contribution in [0.4, 0.5) is 0 Å². The Morgan fingerprint density at radius 2 is 2.43 bits per heavy atom. The smallest absolute Gasteiger partial charge is 0.224 e. The van der Waals surface area contributed by atoms with E-state index in [1.54, 1.807) is 0 Å². The molecule has 14 heavy (non-hydrogen) atoms. The standard InChI is InChI=1S/C10H20N2OS/c1-3-11-5-4-10(13)12-6-7-14-8-9(12)2/h9,11H,3-8H2,1-2H3. The molecule has 0 aromatic heterocycles. The van der Waals surface area contributed by atoms with Gasteiger partial charge < -0.3 is 10.2 Å². The third-order valence-corrected chi connectivity index (χ3v) is 3.64. The van der Waals surface area contributed by atoms with Crippen LogP contribution in [0.1, 0.15) is 20.3 Å². The molecular weight excluding hydrogens is 196 g/mol. The Kier molecular flexibility index (Phi) is 5.33. The van der Waals surface area contributed by atoms with Gasteiger partial charge in [-0.05, 0) is 13.5 Å². The molecular formula is C10H20N2OS. The molecule has 0 aromatic rings. The molecule has 0 bridgehead atoms. The van der Waals surface area contributed by atoms with E-state index >= 15 is 0 Å². The van der Waals surface area contributed by atoms with E-state index in [1.165, 1.54) is 0 Å². The zero-order valence-electron chi connectivity index (χ0n) is 9.08. The van der Waals surface area contributed by atoms with Crippen LogP contribution >= 0.6 is 11.8 Å². The second-order valence-corrected chi connectivity index (χ2v) is 4.76. The van der Waals surface area contributed by atoms with Gasteiger partial charge in [0.25, 0.3) is 0 Å². The summed E-state index contributed by atoms with van der Waals surface area (Å²) < 4.78 is 0. The molecule has 1 aliphatic heterocycles. The van der Waals surface area contributed by atoms with Crippen molar-refractivity contribution < 1.29 is 4.79 Å². The normalized spacial score (nSPS) is 22.4. The molecule has 0 saturated carbocycles. The topological polar surface area (TPSA) is 32.3 Å². The molecule has 1 rings (SSSR count). The molecule has 1 fully saturated rings. The lowest BCUT2D eigenvalue weighted by Crippen LogP contribution is -2.45. The second-order valence-electron chi connectivity index (χ2n) is 3.61. The first-order valence-electron chi connectivity index (χ1n) is 5.33. The molecule has 1 saturated heterocycles. The van der Waals surface area contributed by atoms with E-state index in [0.29, 0.717) is 18.4 Å². The number of nitrogens with one attached hydrogen (secondary N) is 1. The zero-order chi connectivity index (χ0) is 10.4. The number of rotatable bonds is 4. The second kappa shape index (κ2) is 6.30. The number of amides is 1. The molecule has 1 heterocycles. The molecule has 1 N–H and O–H groups in total. The molecule has 0 spiro atoms. The van der Waals surface area contributed by atoms with Crippen molar-refractivity contribution >= 4 is 17.7 Å². The fourth-order valence-electron chi connectivity index (χ4n) is 1.61. The maximum atomic E-state index is 11.8. The van der Waals surface area contributed by atoms with Gasteiger partial charge in [-0.3, -0.25) is 4.79 Å². The van der Waals surface area contributed by atoms with Gasteiger partial charge in [0.05, 0.1) is 0 Å². The molecule has 0 radical (unpaired) electrons. The summed E-state index contributed by atoms with van der Waals surface area (Å²) >= 11 is 1.94. The Balaban J connectivity index is 2.27. The van der Waals surface area contributed by atoms with Gasteiger partial charge in [0.2, 0.25) is 5.91 Å². The number of carbonyl (C=O) groups is 1. The van der Waals surface area contributed by atoms with Crippen LogP contribution in [0.25, 0.3) is 0 Å². The largest absolute Gasteiger partial charge is 0.338 e. The summed E-state index contributed by atoms with van der Waals surface area (Å²) in [4.78, 5) is 13.8. The first-order valence-corrected chi connectivity index (χ1v) is 6.49. The highest BCUT2D eigenvalue weighted by Crippen LogP contribution is 2.16. The van der Waals surface area contributed by atoms with E-state index < -0.39 is 0 Å². The summed E-state index contributed by atoms with van der Waals surface area (Å²) in [7, 11) is 0. The maximum Gasteiger partial charge on any atom is 0.224 e. The summed E-state index contributed by atoms with van der Waals surface area (Å²) in [5, 5.41) is 3.18. The van der Waals surface area contributed by atoms with Gasteiger partial charge in [-0.1, -0.05) is 6.92 Å². The van der Waals surface area contributed by atoms with Crippen molar-refractivity contribution in [1.29, 1.82) is 0 Å². The highest BCUT2D eigenvalue weighted by molar-refractivity contribution is 7.99. The van der Waals surface area contributed by atoms with Gasteiger partial charge in [0.1, 0.15) is 0 Å². The average Bonchev–Trinajstić information content (AvgIpc) is 2.18. The number of hydrogen-bond acceptors (Lipinski definition) is 3. The van der Waals surface area contributed by atoms with Gasteiger partial charge >= 0.3 is 0 Å². The molecule has 0 aliphatic carbocycles. The first kappa shape index (κ1) is 11.9. The van der Waals surface area contributed by atoms with Crippen LogP contribution in [0.5, 0.6) is 0 Å². The van der Waals surface area contributed by atoms with Gasteiger partial charge in [0.15, 0.2) is 0 Å². The van der Waals surface area contributed by atoms with Crippen molar-refractivity contribution in [2.75, 3.05) is 31.1 Å². The fourth-order valence-corrected chi connectivity index (χ4v) is 2.63. The van der Waals surface area contributed by atoms with E-state index in [0.717, 1.165) is 31.1 Å². The Morgan fingerprint density at radius 3 is 3.07 bits per heavy atom. The Hall–Kier alpha value is -0.220. The summed E-state index contributed by atoms with van der Waals surface area (Å²) in [6, 6.07) is 0.419. The number of thioether (sulfide) groups is 1. The molecule has 4 heteroatoms. The van der Waals surface area contributed by atoms with Crippen LogP contribution in [0, 0.1) is 0 Å². The van der Waals surface area contributed by atoms with Crippen molar-refractivity contribution in [3.8, 4) is 0 Å². The Morgan fingerprint density at radius 1 is 1.64 bits per heavy atom. The lowest BCUT2D eigenvalue weighted by molar-refractivity contribution is -0.132. The predicted molar refractivity (Wildman–Crippen MR) is 61.7 cm³/mol. The van der Waals surface area contributed by atoms with Gasteiger partial charge in [0, 0.05) is 37.1 Å². The minimum atomic E-state index is 0.304. The highest BCUT2D eigenvalue weighted by atomic mass is 32.2. The van der Waals surface area contributed by atoms with Gasteiger partial charge in [-0.15, -0.1) is 0 Å². The van der Waals surface area contributed by atoms with E-state index in [-0.39, 0.29) is 0 Å². The van der Waals surface area contributed by atoms with Crippen LogP contribution in [-0.4, -0.2) is 48.0 Å². The van der Waals surface area contributed by atoms with E-state index in [9.17, 15) is 4.79 Å². The molecule has 82 valence electrons. The van der Waals surface area contributed by atoms with Crippen LogP contribution in [0.3, 0.4) is 0 Å². The summed E-state index contributed by atoms with van der Waals surface area (Å²) in [5.74, 6) is 2.49. The van der Waals surface area contributed by atoms with E-state index in [4.69, 9.17) is 0 Å². The van der Waals surface area contributed by atoms with Crippen LogP contribution in [-0.2, 0) is 4.79 Å².